The number of hydrogen-bond acceptors (Lipinski definition) is 1. The normalized spacial score (nSPS) is 9.50. The van der Waals surface area contributed by atoms with Crippen molar-refractivity contribution in [1.29, 1.82) is 0 Å². The van der Waals surface area contributed by atoms with Crippen molar-refractivity contribution in [3.05, 3.63) is 23.5 Å². The predicted octanol–water partition coefficient (Wildman–Crippen LogP) is 1.13. The lowest BCUT2D eigenvalue weighted by atomic mass is 10.3. The molecule has 0 radical (unpaired) electrons. The molecule has 1 N–H and O–H groups in total. The van der Waals surface area contributed by atoms with Crippen LogP contribution in [0.2, 0.25) is 0 Å². The maximum Gasteiger partial charge on any atom is 0.180 e. The average molecular weight is 138 g/mol. The number of rotatable bonds is 1. The molecule has 2 nitrogen and oxygen atoms in total. The summed E-state index contributed by atoms with van der Waals surface area (Å²) < 4.78 is 5.06. The van der Waals surface area contributed by atoms with E-state index in [0.29, 0.717) is 0 Å². The van der Waals surface area contributed by atoms with Crippen LogP contribution in [0.5, 0.6) is 5.75 Å². The van der Waals surface area contributed by atoms with Crippen molar-refractivity contribution in [3.63, 3.8) is 0 Å². The van der Waals surface area contributed by atoms with Gasteiger partial charge in [-0.2, -0.15) is 0 Å². The largest absolute Gasteiger partial charge is 0.496 e. The molecule has 0 bridgehead atoms. The molecule has 0 amide bonds. The zero-order valence-corrected chi connectivity index (χ0v) is 6.56. The van der Waals surface area contributed by atoms with Gasteiger partial charge in [-0.3, -0.25) is 0 Å². The van der Waals surface area contributed by atoms with E-state index >= 15 is 0 Å². The topological polar surface area (TPSA) is 23.4 Å². The number of aromatic nitrogens is 1. The molecule has 0 saturated heterocycles. The third-order valence-corrected chi connectivity index (χ3v) is 1.35. The Hall–Kier alpha value is -1.05. The summed E-state index contributed by atoms with van der Waals surface area (Å²) in [5.74, 6) is 0.911. The summed E-state index contributed by atoms with van der Waals surface area (Å²) in [6.07, 6.45) is 0. The highest BCUT2D eigenvalue weighted by Crippen LogP contribution is 2.08. The fraction of sp³-hybridized carbons (Fsp3) is 0.375. The van der Waals surface area contributed by atoms with E-state index in [1.54, 1.807) is 7.11 Å². The Labute approximate surface area is 60.9 Å². The van der Waals surface area contributed by atoms with E-state index in [1.165, 1.54) is 0 Å². The maximum atomic E-state index is 5.06. The first-order chi connectivity index (χ1) is 4.72. The van der Waals surface area contributed by atoms with Gasteiger partial charge >= 0.3 is 0 Å². The Balaban J connectivity index is 3.06. The van der Waals surface area contributed by atoms with E-state index < -0.39 is 0 Å². The number of ether oxygens (including phenoxy) is 1. The van der Waals surface area contributed by atoms with Gasteiger partial charge in [-0.15, -0.1) is 0 Å². The molecule has 0 fully saturated rings. The molecule has 0 aliphatic heterocycles. The quantitative estimate of drug-likeness (QED) is 0.570. The first-order valence-electron chi connectivity index (χ1n) is 3.27. The van der Waals surface area contributed by atoms with Crippen LogP contribution in [0, 0.1) is 13.8 Å². The summed E-state index contributed by atoms with van der Waals surface area (Å²) in [5, 5.41) is 0. The van der Waals surface area contributed by atoms with Crippen LogP contribution >= 0.6 is 0 Å². The van der Waals surface area contributed by atoms with E-state index in [9.17, 15) is 0 Å². The highest BCUT2D eigenvalue weighted by molar-refractivity contribution is 5.21. The van der Waals surface area contributed by atoms with Crippen molar-refractivity contribution >= 4 is 0 Å². The second-order valence-corrected chi connectivity index (χ2v) is 2.39. The Morgan fingerprint density at radius 3 is 2.10 bits per heavy atom. The van der Waals surface area contributed by atoms with Crippen LogP contribution < -0.4 is 9.72 Å². The molecule has 0 saturated carbocycles. The van der Waals surface area contributed by atoms with Gasteiger partial charge in [-0.1, -0.05) is 0 Å². The number of H-pyrrole nitrogens is 1. The lowest BCUT2D eigenvalue weighted by Gasteiger charge is -1.96. The van der Waals surface area contributed by atoms with Crippen molar-refractivity contribution in [2.24, 2.45) is 0 Å². The van der Waals surface area contributed by atoms with E-state index in [4.69, 9.17) is 4.74 Å². The van der Waals surface area contributed by atoms with Crippen LogP contribution in [0.3, 0.4) is 0 Å². The van der Waals surface area contributed by atoms with E-state index in [1.807, 2.05) is 26.0 Å². The Kier molecular flexibility index (Phi) is 1.90. The van der Waals surface area contributed by atoms with Crippen molar-refractivity contribution < 1.29 is 9.72 Å². The number of pyridine rings is 1. The van der Waals surface area contributed by atoms with Crippen LogP contribution in [-0.2, 0) is 0 Å². The average Bonchev–Trinajstić information content (AvgIpc) is 1.85. The minimum absolute atomic E-state index is 0.911. The van der Waals surface area contributed by atoms with Crippen molar-refractivity contribution in [3.8, 4) is 5.75 Å². The van der Waals surface area contributed by atoms with E-state index in [0.717, 1.165) is 17.1 Å². The summed E-state index contributed by atoms with van der Waals surface area (Å²) in [4.78, 5) is 3.16. The zero-order valence-electron chi connectivity index (χ0n) is 6.56. The third kappa shape index (κ3) is 1.47. The molecule has 1 aromatic rings. The zero-order chi connectivity index (χ0) is 7.56. The van der Waals surface area contributed by atoms with E-state index in [2.05, 4.69) is 4.98 Å². The smallest absolute Gasteiger partial charge is 0.180 e. The number of aromatic amines is 1. The molecule has 1 rings (SSSR count). The molecule has 54 valence electrons. The number of aryl methyl sites for hydroxylation is 2. The van der Waals surface area contributed by atoms with Crippen molar-refractivity contribution in [2.75, 3.05) is 7.11 Å². The van der Waals surface area contributed by atoms with Gasteiger partial charge in [-0.25, -0.2) is 4.98 Å². The summed E-state index contributed by atoms with van der Waals surface area (Å²) in [6, 6.07) is 3.93. The maximum absolute atomic E-state index is 5.06. The molecule has 0 atom stereocenters. The fourth-order valence-electron chi connectivity index (χ4n) is 0.969. The number of hydrogen-bond donors (Lipinski definition) is 0. The van der Waals surface area contributed by atoms with Crippen LogP contribution in [0.25, 0.3) is 0 Å². The molecule has 2 heteroatoms. The third-order valence-electron chi connectivity index (χ3n) is 1.35. The molecule has 10 heavy (non-hydrogen) atoms. The molecular formula is C8H12NO+. The minimum atomic E-state index is 0.911. The highest BCUT2D eigenvalue weighted by atomic mass is 16.5. The van der Waals surface area contributed by atoms with Crippen LogP contribution in [0.15, 0.2) is 12.1 Å². The Morgan fingerprint density at radius 2 is 1.70 bits per heavy atom. The first kappa shape index (κ1) is 7.06. The lowest BCUT2D eigenvalue weighted by molar-refractivity contribution is -0.397. The highest BCUT2D eigenvalue weighted by Gasteiger charge is 2.00. The van der Waals surface area contributed by atoms with Crippen molar-refractivity contribution in [2.45, 2.75) is 13.8 Å². The molecular weight excluding hydrogens is 126 g/mol. The monoisotopic (exact) mass is 138 g/mol. The fourth-order valence-corrected chi connectivity index (χ4v) is 0.969. The second kappa shape index (κ2) is 2.69. The van der Waals surface area contributed by atoms with Crippen molar-refractivity contribution in [1.82, 2.24) is 0 Å². The molecule has 0 aromatic carbocycles. The summed E-state index contributed by atoms with van der Waals surface area (Å²) in [7, 11) is 1.67. The minimum Gasteiger partial charge on any atom is -0.496 e. The van der Waals surface area contributed by atoms with Gasteiger partial charge in [-0.05, 0) is 0 Å². The predicted molar refractivity (Wildman–Crippen MR) is 39.0 cm³/mol. The lowest BCUT2D eigenvalue weighted by Crippen LogP contribution is -2.11. The SMILES string of the molecule is COc1cc(C)[nH+]c(C)c1. The van der Waals surface area contributed by atoms with Crippen LogP contribution in [-0.4, -0.2) is 7.11 Å². The standard InChI is InChI=1S/C8H11NO/c1-6-4-8(10-3)5-7(2)9-6/h4-5H,1-3H3/p+1. The molecule has 0 unspecified atom stereocenters. The van der Waals surface area contributed by atoms with Gasteiger partial charge in [0.1, 0.15) is 5.75 Å². The summed E-state index contributed by atoms with van der Waals surface area (Å²) in [6.45, 7) is 4.02. The summed E-state index contributed by atoms with van der Waals surface area (Å²) >= 11 is 0. The molecule has 0 aliphatic rings. The van der Waals surface area contributed by atoms with Gasteiger partial charge in [0.2, 0.25) is 0 Å². The molecule has 0 aliphatic carbocycles. The van der Waals surface area contributed by atoms with Gasteiger partial charge in [0.25, 0.3) is 0 Å². The summed E-state index contributed by atoms with van der Waals surface area (Å²) in [5.41, 5.74) is 2.24. The Bertz CT molecular complexity index is 212. The van der Waals surface area contributed by atoms with E-state index in [-0.39, 0.29) is 0 Å². The molecule has 0 spiro atoms. The van der Waals surface area contributed by atoms with Gasteiger partial charge < -0.3 is 4.74 Å². The van der Waals surface area contributed by atoms with Crippen LogP contribution in [0.1, 0.15) is 11.4 Å². The number of methoxy groups -OCH3 is 1. The number of nitrogens with one attached hydrogen (secondary N) is 1. The van der Waals surface area contributed by atoms with Gasteiger partial charge in [0.05, 0.1) is 7.11 Å². The van der Waals surface area contributed by atoms with Gasteiger partial charge in [0.15, 0.2) is 11.4 Å². The second-order valence-electron chi connectivity index (χ2n) is 2.39. The van der Waals surface area contributed by atoms with Gasteiger partial charge in [0, 0.05) is 26.0 Å². The molecule has 1 aromatic heterocycles. The van der Waals surface area contributed by atoms with Crippen LogP contribution in [0.4, 0.5) is 0 Å². The Morgan fingerprint density at radius 1 is 1.20 bits per heavy atom. The first-order valence-corrected chi connectivity index (χ1v) is 3.27. The molecule has 1 heterocycles.